The van der Waals surface area contributed by atoms with E-state index in [1.54, 1.807) is 13.2 Å². The van der Waals surface area contributed by atoms with Crippen molar-refractivity contribution < 1.29 is 24.9 Å². The summed E-state index contributed by atoms with van der Waals surface area (Å²) >= 11 is 0. The van der Waals surface area contributed by atoms with Crippen LogP contribution in [0.2, 0.25) is 0 Å². The molecule has 3 fully saturated rings. The van der Waals surface area contributed by atoms with E-state index < -0.39 is 17.8 Å². The van der Waals surface area contributed by atoms with Crippen molar-refractivity contribution in [3.05, 3.63) is 11.6 Å². The van der Waals surface area contributed by atoms with Gasteiger partial charge in [-0.3, -0.25) is 4.79 Å². The lowest BCUT2D eigenvalue weighted by atomic mass is 9.46. The summed E-state index contributed by atoms with van der Waals surface area (Å²) < 4.78 is 5.23. The predicted molar refractivity (Wildman–Crippen MR) is 115 cm³/mol. The van der Waals surface area contributed by atoms with Gasteiger partial charge in [-0.05, 0) is 86.2 Å². The first-order valence-electron chi connectivity index (χ1n) is 11.9. The Kier molecular flexibility index (Phi) is 5.75. The third-order valence-corrected chi connectivity index (χ3v) is 9.88. The SMILES string of the molecule is COCCCC(C)[C@H]1CC[C@@]2(O)C3=CC(=O)[C@@H]4C[C@@H](O)[C@@H](O)C[C@]4(C)C3CC[C@]12C. The highest BCUT2D eigenvalue weighted by molar-refractivity contribution is 5.95. The highest BCUT2D eigenvalue weighted by atomic mass is 16.5. The van der Waals surface area contributed by atoms with E-state index in [1.807, 2.05) is 0 Å². The van der Waals surface area contributed by atoms with Crippen LogP contribution in [-0.4, -0.2) is 52.6 Å². The molecule has 0 amide bonds. The van der Waals surface area contributed by atoms with Crippen LogP contribution in [0, 0.1) is 34.5 Å². The second kappa shape index (κ2) is 7.68. The molecule has 5 heteroatoms. The van der Waals surface area contributed by atoms with Gasteiger partial charge >= 0.3 is 0 Å². The number of aliphatic hydroxyl groups excluding tert-OH is 2. The topological polar surface area (TPSA) is 87.0 Å². The monoisotopic (exact) mass is 420 g/mol. The van der Waals surface area contributed by atoms with Crippen LogP contribution in [0.1, 0.15) is 72.1 Å². The van der Waals surface area contributed by atoms with Crippen LogP contribution in [0.4, 0.5) is 0 Å². The predicted octanol–water partition coefficient (Wildman–Crippen LogP) is 3.25. The van der Waals surface area contributed by atoms with Gasteiger partial charge < -0.3 is 20.1 Å². The maximum atomic E-state index is 13.2. The Balaban J connectivity index is 1.65. The Bertz CT molecular complexity index is 718. The molecule has 0 aromatic rings. The van der Waals surface area contributed by atoms with Gasteiger partial charge in [-0.15, -0.1) is 0 Å². The molecule has 4 aliphatic rings. The lowest BCUT2D eigenvalue weighted by molar-refractivity contribution is -0.153. The molecule has 3 saturated carbocycles. The van der Waals surface area contributed by atoms with Crippen LogP contribution in [0.25, 0.3) is 0 Å². The Hall–Kier alpha value is -0.750. The fourth-order valence-corrected chi connectivity index (χ4v) is 8.07. The molecule has 0 radical (unpaired) electrons. The average Bonchev–Trinajstić information content (AvgIpc) is 2.96. The first-order valence-corrected chi connectivity index (χ1v) is 11.9. The number of ether oxygens (including phenoxy) is 1. The van der Waals surface area contributed by atoms with Crippen molar-refractivity contribution in [3.63, 3.8) is 0 Å². The number of carbonyl (C=O) groups is 1. The van der Waals surface area contributed by atoms with Gasteiger partial charge in [-0.1, -0.05) is 20.8 Å². The van der Waals surface area contributed by atoms with E-state index in [1.165, 1.54) is 0 Å². The summed E-state index contributed by atoms with van der Waals surface area (Å²) in [6, 6.07) is 0. The highest BCUT2D eigenvalue weighted by Crippen LogP contribution is 2.68. The lowest BCUT2D eigenvalue weighted by Crippen LogP contribution is -2.60. The molecule has 0 aliphatic heterocycles. The van der Waals surface area contributed by atoms with Crippen molar-refractivity contribution in [2.75, 3.05) is 13.7 Å². The number of ketones is 1. The van der Waals surface area contributed by atoms with Gasteiger partial charge in [-0.2, -0.15) is 0 Å². The van der Waals surface area contributed by atoms with Crippen molar-refractivity contribution in [1.82, 2.24) is 0 Å². The van der Waals surface area contributed by atoms with Gasteiger partial charge in [0.25, 0.3) is 0 Å². The van der Waals surface area contributed by atoms with Crippen molar-refractivity contribution in [1.29, 1.82) is 0 Å². The quantitative estimate of drug-likeness (QED) is 0.595. The number of hydrogen-bond acceptors (Lipinski definition) is 5. The Morgan fingerprint density at radius 1 is 1.17 bits per heavy atom. The number of carbonyl (C=O) groups excluding carboxylic acids is 1. The number of methoxy groups -OCH3 is 1. The summed E-state index contributed by atoms with van der Waals surface area (Å²) in [6.45, 7) is 7.43. The van der Waals surface area contributed by atoms with Gasteiger partial charge in [0.15, 0.2) is 5.78 Å². The molecule has 4 rings (SSSR count). The van der Waals surface area contributed by atoms with Crippen LogP contribution in [0.15, 0.2) is 11.6 Å². The van der Waals surface area contributed by atoms with Crippen molar-refractivity contribution in [2.45, 2.75) is 89.9 Å². The molecule has 9 atom stereocenters. The maximum absolute atomic E-state index is 13.2. The highest BCUT2D eigenvalue weighted by Gasteiger charge is 2.66. The zero-order valence-corrected chi connectivity index (χ0v) is 19.1. The minimum Gasteiger partial charge on any atom is -0.390 e. The van der Waals surface area contributed by atoms with E-state index in [4.69, 9.17) is 4.74 Å². The molecule has 0 bridgehead atoms. The van der Waals surface area contributed by atoms with Gasteiger partial charge in [0.1, 0.15) is 0 Å². The molecule has 0 aromatic heterocycles. The van der Waals surface area contributed by atoms with Crippen LogP contribution < -0.4 is 0 Å². The summed E-state index contributed by atoms with van der Waals surface area (Å²) in [6.07, 6.45) is 6.59. The second-order valence-corrected chi connectivity index (χ2v) is 11.3. The molecule has 30 heavy (non-hydrogen) atoms. The van der Waals surface area contributed by atoms with Gasteiger partial charge in [0.2, 0.25) is 0 Å². The maximum Gasteiger partial charge on any atom is 0.159 e. The Labute approximate surface area is 180 Å². The number of hydrogen-bond donors (Lipinski definition) is 3. The smallest absolute Gasteiger partial charge is 0.159 e. The van der Waals surface area contributed by atoms with Gasteiger partial charge in [0.05, 0.1) is 17.8 Å². The first-order chi connectivity index (χ1) is 14.1. The summed E-state index contributed by atoms with van der Waals surface area (Å²) in [5.41, 5.74) is -0.632. The van der Waals surface area contributed by atoms with Crippen molar-refractivity contribution in [2.24, 2.45) is 34.5 Å². The van der Waals surface area contributed by atoms with Crippen LogP contribution >= 0.6 is 0 Å². The number of rotatable bonds is 5. The molecule has 0 aromatic carbocycles. The van der Waals surface area contributed by atoms with Crippen LogP contribution in [-0.2, 0) is 9.53 Å². The van der Waals surface area contributed by atoms with E-state index >= 15 is 0 Å². The van der Waals surface area contributed by atoms with E-state index in [2.05, 4.69) is 20.8 Å². The summed E-state index contributed by atoms with van der Waals surface area (Å²) in [4.78, 5) is 13.2. The van der Waals surface area contributed by atoms with E-state index in [-0.39, 0.29) is 28.4 Å². The first kappa shape index (κ1) is 22.4. The zero-order chi connectivity index (χ0) is 21.9. The molecular formula is C25H40O5. The van der Waals surface area contributed by atoms with E-state index in [9.17, 15) is 20.1 Å². The Morgan fingerprint density at radius 3 is 2.60 bits per heavy atom. The molecule has 5 nitrogen and oxygen atoms in total. The number of allylic oxidation sites excluding steroid dienone is 1. The lowest BCUT2D eigenvalue weighted by Gasteiger charge is -2.60. The number of aliphatic hydroxyl groups is 3. The minimum atomic E-state index is -0.944. The molecule has 170 valence electrons. The second-order valence-electron chi connectivity index (χ2n) is 11.3. The van der Waals surface area contributed by atoms with Crippen molar-refractivity contribution >= 4 is 5.78 Å². The summed E-state index contributed by atoms with van der Waals surface area (Å²) in [5, 5.41) is 32.8. The molecule has 4 aliphatic carbocycles. The third-order valence-electron chi connectivity index (χ3n) is 9.88. The van der Waals surface area contributed by atoms with Gasteiger partial charge in [0, 0.05) is 25.0 Å². The third kappa shape index (κ3) is 3.07. The van der Waals surface area contributed by atoms with Crippen LogP contribution in [0.5, 0.6) is 0 Å². The Morgan fingerprint density at radius 2 is 1.90 bits per heavy atom. The van der Waals surface area contributed by atoms with E-state index in [0.29, 0.717) is 31.1 Å². The molecular weight excluding hydrogens is 380 g/mol. The fraction of sp³-hybridized carbons (Fsp3) is 0.880. The zero-order valence-electron chi connectivity index (χ0n) is 19.1. The summed E-state index contributed by atoms with van der Waals surface area (Å²) in [7, 11) is 1.74. The largest absolute Gasteiger partial charge is 0.390 e. The number of fused-ring (bicyclic) bond motifs is 5. The van der Waals surface area contributed by atoms with Crippen molar-refractivity contribution in [3.8, 4) is 0 Å². The standard InChI is InChI=1S/C25H40O5/c1-15(6-5-11-30-4)16-8-10-25(29)18-12-20(26)19-13-21(27)22(28)14-23(19,2)17(18)7-9-24(16,25)3/h12,15-17,19,21-22,27-29H,5-11,13-14H2,1-4H3/t15?,16-,17?,19+,21-,22+,23-,24-,25-/m1/s1. The normalized spacial score (nSPS) is 49.1. The average molecular weight is 421 g/mol. The molecule has 0 saturated heterocycles. The molecule has 0 heterocycles. The molecule has 0 spiro atoms. The van der Waals surface area contributed by atoms with Crippen LogP contribution in [0.3, 0.4) is 0 Å². The van der Waals surface area contributed by atoms with E-state index in [0.717, 1.165) is 44.3 Å². The fourth-order valence-electron chi connectivity index (χ4n) is 8.07. The minimum absolute atomic E-state index is 0.0315. The summed E-state index contributed by atoms with van der Waals surface area (Å²) in [5.74, 6) is 0.806. The molecule has 3 N–H and O–H groups in total. The van der Waals surface area contributed by atoms with Gasteiger partial charge in [-0.25, -0.2) is 0 Å². The molecule has 2 unspecified atom stereocenters.